The molecule has 2 aliphatic carbocycles. The third-order valence-corrected chi connectivity index (χ3v) is 4.86. The van der Waals surface area contributed by atoms with Gasteiger partial charge in [-0.2, -0.15) is 0 Å². The zero-order valence-corrected chi connectivity index (χ0v) is 17.5. The maximum absolute atomic E-state index is 12.1. The second kappa shape index (κ2) is 9.05. The Morgan fingerprint density at radius 3 is 2.04 bits per heavy atom. The molecule has 1 heterocycles. The molecular formula is C17H30IN5O2. The molecule has 25 heavy (non-hydrogen) atoms. The van der Waals surface area contributed by atoms with Crippen LogP contribution in [0.5, 0.6) is 0 Å². The van der Waals surface area contributed by atoms with E-state index in [4.69, 9.17) is 0 Å². The summed E-state index contributed by atoms with van der Waals surface area (Å²) in [6, 6.07) is 0.801. The van der Waals surface area contributed by atoms with Crippen molar-refractivity contribution in [2.45, 2.75) is 50.6 Å². The van der Waals surface area contributed by atoms with Crippen molar-refractivity contribution >= 4 is 41.8 Å². The lowest BCUT2D eigenvalue weighted by Crippen LogP contribution is -2.50. The highest BCUT2D eigenvalue weighted by atomic mass is 127. The molecule has 3 fully saturated rings. The third-order valence-electron chi connectivity index (χ3n) is 4.86. The van der Waals surface area contributed by atoms with E-state index in [1.165, 1.54) is 0 Å². The van der Waals surface area contributed by atoms with Gasteiger partial charge in [-0.05, 0) is 38.5 Å². The molecule has 0 aromatic rings. The van der Waals surface area contributed by atoms with E-state index in [-0.39, 0.29) is 36.4 Å². The van der Waals surface area contributed by atoms with E-state index in [9.17, 15) is 9.59 Å². The summed E-state index contributed by atoms with van der Waals surface area (Å²) >= 11 is 0. The number of carbonyl (C=O) groups excluding carboxylic acids is 2. The zero-order chi connectivity index (χ0) is 17.1. The average Bonchev–Trinajstić information content (AvgIpc) is 3.46. The van der Waals surface area contributed by atoms with Gasteiger partial charge in [0.15, 0.2) is 5.96 Å². The number of piperidine rings is 1. The summed E-state index contributed by atoms with van der Waals surface area (Å²) in [6.07, 6.45) is 6.34. The molecule has 8 heteroatoms. The van der Waals surface area contributed by atoms with Gasteiger partial charge in [0, 0.05) is 45.2 Å². The predicted octanol–water partition coefficient (Wildman–Crippen LogP) is 0.791. The van der Waals surface area contributed by atoms with Gasteiger partial charge in [0.1, 0.15) is 6.54 Å². The van der Waals surface area contributed by atoms with E-state index in [1.54, 1.807) is 19.0 Å². The van der Waals surface area contributed by atoms with Gasteiger partial charge in [-0.3, -0.25) is 9.59 Å². The smallest absolute Gasteiger partial charge is 0.243 e. The Bertz CT molecular complexity index is 509. The Balaban J connectivity index is 0.00000225. The summed E-state index contributed by atoms with van der Waals surface area (Å²) in [5.41, 5.74) is 0. The first-order valence-corrected chi connectivity index (χ1v) is 9.09. The number of rotatable bonds is 5. The highest BCUT2D eigenvalue weighted by molar-refractivity contribution is 14.0. The van der Waals surface area contributed by atoms with Crippen molar-refractivity contribution in [2.24, 2.45) is 10.9 Å². The maximum atomic E-state index is 12.1. The molecule has 0 bridgehead atoms. The van der Waals surface area contributed by atoms with Crippen LogP contribution in [-0.2, 0) is 9.59 Å². The second-order valence-electron chi connectivity index (χ2n) is 7.39. The van der Waals surface area contributed by atoms with Crippen LogP contribution in [0, 0.1) is 5.92 Å². The fourth-order valence-corrected chi connectivity index (χ4v) is 2.87. The molecule has 0 radical (unpaired) electrons. The molecular weight excluding hydrogens is 433 g/mol. The number of hydrogen-bond acceptors (Lipinski definition) is 3. The minimum absolute atomic E-state index is 0. The minimum Gasteiger partial charge on any atom is -0.354 e. The van der Waals surface area contributed by atoms with E-state index < -0.39 is 0 Å². The molecule has 1 saturated heterocycles. The van der Waals surface area contributed by atoms with Gasteiger partial charge in [0.2, 0.25) is 11.8 Å². The molecule has 2 N–H and O–H groups in total. The van der Waals surface area contributed by atoms with Crippen LogP contribution >= 0.6 is 24.0 Å². The van der Waals surface area contributed by atoms with Crippen molar-refractivity contribution in [2.75, 3.05) is 33.7 Å². The summed E-state index contributed by atoms with van der Waals surface area (Å²) in [4.78, 5) is 31.9. The van der Waals surface area contributed by atoms with Gasteiger partial charge < -0.3 is 20.4 Å². The van der Waals surface area contributed by atoms with Crippen molar-refractivity contribution in [3.8, 4) is 0 Å². The van der Waals surface area contributed by atoms with E-state index in [0.717, 1.165) is 57.6 Å². The Kier molecular flexibility index (Phi) is 7.33. The summed E-state index contributed by atoms with van der Waals surface area (Å²) in [5, 5.41) is 6.84. The monoisotopic (exact) mass is 463 g/mol. The molecule has 2 saturated carbocycles. The van der Waals surface area contributed by atoms with Crippen LogP contribution in [0.15, 0.2) is 4.99 Å². The second-order valence-corrected chi connectivity index (χ2v) is 7.39. The number of likely N-dealkylation sites (tertiary alicyclic amines) is 1. The average molecular weight is 463 g/mol. The normalized spacial score (nSPS) is 21.4. The van der Waals surface area contributed by atoms with Crippen LogP contribution < -0.4 is 10.6 Å². The highest BCUT2D eigenvalue weighted by Gasteiger charge is 2.35. The number of nitrogens with one attached hydrogen (secondary N) is 2. The first-order valence-electron chi connectivity index (χ1n) is 9.09. The number of amides is 2. The number of aliphatic imine (C=N–C) groups is 1. The van der Waals surface area contributed by atoms with Gasteiger partial charge in [-0.25, -0.2) is 4.99 Å². The quantitative estimate of drug-likeness (QED) is 0.359. The number of guanidine groups is 1. The first-order chi connectivity index (χ1) is 11.5. The van der Waals surface area contributed by atoms with Crippen LogP contribution in [0.2, 0.25) is 0 Å². The molecule has 0 atom stereocenters. The van der Waals surface area contributed by atoms with E-state index in [1.807, 2.05) is 4.90 Å². The highest BCUT2D eigenvalue weighted by Crippen LogP contribution is 2.31. The van der Waals surface area contributed by atoms with Gasteiger partial charge in [-0.1, -0.05) is 0 Å². The van der Waals surface area contributed by atoms with Crippen molar-refractivity contribution in [3.05, 3.63) is 0 Å². The van der Waals surface area contributed by atoms with Crippen LogP contribution in [0.1, 0.15) is 38.5 Å². The SMILES string of the molecule is CN(C)C(=O)CN=C(NC1CC1)NC1CCN(C(=O)C2CC2)CC1.I. The van der Waals surface area contributed by atoms with Gasteiger partial charge in [0.25, 0.3) is 0 Å². The molecule has 7 nitrogen and oxygen atoms in total. The van der Waals surface area contributed by atoms with Crippen LogP contribution in [-0.4, -0.2) is 73.4 Å². The molecule has 0 unspecified atom stereocenters. The molecule has 1 aliphatic heterocycles. The van der Waals surface area contributed by atoms with E-state index >= 15 is 0 Å². The Morgan fingerprint density at radius 1 is 1.00 bits per heavy atom. The number of likely N-dealkylation sites (N-methyl/N-ethyl adjacent to an activating group) is 1. The van der Waals surface area contributed by atoms with Crippen molar-refractivity contribution in [1.29, 1.82) is 0 Å². The molecule has 3 aliphatic rings. The van der Waals surface area contributed by atoms with Crippen LogP contribution in [0.3, 0.4) is 0 Å². The lowest BCUT2D eigenvalue weighted by Gasteiger charge is -2.33. The van der Waals surface area contributed by atoms with Crippen LogP contribution in [0.4, 0.5) is 0 Å². The van der Waals surface area contributed by atoms with Gasteiger partial charge in [0.05, 0.1) is 0 Å². The van der Waals surface area contributed by atoms with Gasteiger partial charge in [-0.15, -0.1) is 24.0 Å². The third kappa shape index (κ3) is 6.31. The first kappa shape index (κ1) is 20.3. The number of nitrogens with zero attached hydrogens (tertiary/aromatic N) is 3. The summed E-state index contributed by atoms with van der Waals surface area (Å²) < 4.78 is 0. The fraction of sp³-hybridized carbons (Fsp3) is 0.824. The van der Waals surface area contributed by atoms with Gasteiger partial charge >= 0.3 is 0 Å². The molecule has 2 amide bonds. The Morgan fingerprint density at radius 2 is 1.56 bits per heavy atom. The molecule has 0 spiro atoms. The molecule has 142 valence electrons. The molecule has 0 aromatic carbocycles. The zero-order valence-electron chi connectivity index (χ0n) is 15.2. The van der Waals surface area contributed by atoms with Crippen LogP contribution in [0.25, 0.3) is 0 Å². The number of hydrogen-bond donors (Lipinski definition) is 2. The van der Waals surface area contributed by atoms with E-state index in [0.29, 0.717) is 23.9 Å². The number of carbonyl (C=O) groups is 2. The fourth-order valence-electron chi connectivity index (χ4n) is 2.87. The maximum Gasteiger partial charge on any atom is 0.243 e. The Hall–Kier alpha value is -1.06. The largest absolute Gasteiger partial charge is 0.354 e. The topological polar surface area (TPSA) is 77.0 Å². The lowest BCUT2D eigenvalue weighted by molar-refractivity contribution is -0.133. The van der Waals surface area contributed by atoms with Crippen molar-refractivity contribution in [1.82, 2.24) is 20.4 Å². The summed E-state index contributed by atoms with van der Waals surface area (Å²) in [6.45, 7) is 1.80. The van der Waals surface area contributed by atoms with Crippen molar-refractivity contribution < 1.29 is 9.59 Å². The Labute approximate surface area is 167 Å². The minimum atomic E-state index is -0.00301. The summed E-state index contributed by atoms with van der Waals surface area (Å²) in [5.74, 6) is 1.38. The summed E-state index contributed by atoms with van der Waals surface area (Å²) in [7, 11) is 3.48. The standard InChI is InChI=1S/C17H29N5O2.HI/c1-21(2)15(23)11-18-17(19-13-5-6-13)20-14-7-9-22(10-8-14)16(24)12-3-4-12;/h12-14H,3-11H2,1-2H3,(H2,18,19,20);1H. The van der Waals surface area contributed by atoms with Crippen molar-refractivity contribution in [3.63, 3.8) is 0 Å². The molecule has 3 rings (SSSR count). The molecule has 0 aromatic heterocycles. The lowest BCUT2D eigenvalue weighted by atomic mass is 10.0. The predicted molar refractivity (Wildman–Crippen MR) is 108 cm³/mol. The van der Waals surface area contributed by atoms with E-state index in [2.05, 4.69) is 15.6 Å². The number of halogens is 1.